The Morgan fingerprint density at radius 2 is 2.11 bits per heavy atom. The van der Waals surface area contributed by atoms with E-state index in [0.717, 1.165) is 0 Å². The second-order valence-corrected chi connectivity index (χ2v) is 4.37. The van der Waals surface area contributed by atoms with Gasteiger partial charge in [-0.25, -0.2) is 9.18 Å². The fourth-order valence-corrected chi connectivity index (χ4v) is 1.44. The zero-order chi connectivity index (χ0) is 13.7. The Hall–Kier alpha value is -1.36. The summed E-state index contributed by atoms with van der Waals surface area (Å²) in [7, 11) is 0. The number of allylic oxidation sites excluding steroid dienone is 1. The molecule has 3 nitrogen and oxygen atoms in total. The summed E-state index contributed by atoms with van der Waals surface area (Å²) in [6, 6.07) is 4.82. The number of ether oxygens (including phenoxy) is 2. The summed E-state index contributed by atoms with van der Waals surface area (Å²) < 4.78 is 24.0. The Kier molecular flexibility index (Phi) is 5.34. The van der Waals surface area contributed by atoms with Crippen LogP contribution in [0.25, 0.3) is 0 Å². The second kappa shape index (κ2) is 6.54. The maximum absolute atomic E-state index is 13.7. The molecule has 0 saturated heterocycles. The van der Waals surface area contributed by atoms with E-state index in [-0.39, 0.29) is 22.6 Å². The van der Waals surface area contributed by atoms with E-state index in [0.29, 0.717) is 5.56 Å². The number of benzene rings is 1. The van der Waals surface area contributed by atoms with Crippen molar-refractivity contribution in [2.45, 2.75) is 20.8 Å². The Labute approximate surface area is 114 Å². The summed E-state index contributed by atoms with van der Waals surface area (Å²) in [5.74, 6) is -0.657. The van der Waals surface area contributed by atoms with E-state index in [9.17, 15) is 9.18 Å². The minimum Gasteiger partial charge on any atom is -0.462 e. The SMILES string of the molecule is CCOC(=O)C(Br)=C(C)Oc1cccc(C)c1F. The van der Waals surface area contributed by atoms with E-state index >= 15 is 0 Å². The molecule has 0 aliphatic carbocycles. The summed E-state index contributed by atoms with van der Waals surface area (Å²) in [6.45, 7) is 5.17. The molecule has 0 aromatic heterocycles. The molecule has 0 spiro atoms. The summed E-state index contributed by atoms with van der Waals surface area (Å²) in [4.78, 5) is 11.4. The minimum atomic E-state index is -0.539. The van der Waals surface area contributed by atoms with Gasteiger partial charge in [-0.1, -0.05) is 12.1 Å². The number of halogens is 2. The number of hydrogen-bond donors (Lipinski definition) is 0. The predicted molar refractivity (Wildman–Crippen MR) is 70.0 cm³/mol. The van der Waals surface area contributed by atoms with Crippen LogP contribution >= 0.6 is 15.9 Å². The van der Waals surface area contributed by atoms with Crippen LogP contribution in [-0.4, -0.2) is 12.6 Å². The number of aryl methyl sites for hydroxylation is 1. The molecule has 1 rings (SSSR count). The fourth-order valence-electron chi connectivity index (χ4n) is 1.25. The molecule has 0 atom stereocenters. The first-order valence-electron chi connectivity index (χ1n) is 5.43. The monoisotopic (exact) mass is 316 g/mol. The summed E-state index contributed by atoms with van der Waals surface area (Å²) in [6.07, 6.45) is 0. The van der Waals surface area contributed by atoms with Crippen molar-refractivity contribution in [3.8, 4) is 5.75 Å². The third-order valence-electron chi connectivity index (χ3n) is 2.18. The van der Waals surface area contributed by atoms with Crippen molar-refractivity contribution in [3.63, 3.8) is 0 Å². The molecule has 0 bridgehead atoms. The lowest BCUT2D eigenvalue weighted by Crippen LogP contribution is -2.08. The van der Waals surface area contributed by atoms with Gasteiger partial charge in [-0.2, -0.15) is 0 Å². The molecule has 0 amide bonds. The number of rotatable bonds is 4. The average Bonchev–Trinajstić information content (AvgIpc) is 2.34. The van der Waals surface area contributed by atoms with E-state index in [1.165, 1.54) is 6.07 Å². The molecule has 0 radical (unpaired) electrons. The van der Waals surface area contributed by atoms with Crippen molar-refractivity contribution < 1.29 is 18.7 Å². The van der Waals surface area contributed by atoms with Crippen LogP contribution < -0.4 is 4.74 Å². The molecular weight excluding hydrogens is 303 g/mol. The van der Waals surface area contributed by atoms with Gasteiger partial charge in [0.15, 0.2) is 11.6 Å². The smallest absolute Gasteiger partial charge is 0.348 e. The largest absolute Gasteiger partial charge is 0.462 e. The highest BCUT2D eigenvalue weighted by Gasteiger charge is 2.14. The van der Waals surface area contributed by atoms with Gasteiger partial charge in [-0.05, 0) is 48.3 Å². The molecular formula is C13H14BrFO3. The van der Waals surface area contributed by atoms with Gasteiger partial charge in [-0.15, -0.1) is 0 Å². The highest BCUT2D eigenvalue weighted by Crippen LogP contribution is 2.24. The van der Waals surface area contributed by atoms with Crippen molar-refractivity contribution in [1.29, 1.82) is 0 Å². The van der Waals surface area contributed by atoms with Crippen molar-refractivity contribution >= 4 is 21.9 Å². The van der Waals surface area contributed by atoms with Crippen LogP contribution in [0.3, 0.4) is 0 Å². The van der Waals surface area contributed by atoms with Crippen molar-refractivity contribution in [3.05, 3.63) is 39.8 Å². The molecule has 0 aliphatic rings. The number of esters is 1. The zero-order valence-corrected chi connectivity index (χ0v) is 12.0. The Balaban J connectivity index is 2.93. The molecule has 0 unspecified atom stereocenters. The molecule has 0 heterocycles. The second-order valence-electron chi connectivity index (χ2n) is 3.58. The molecule has 5 heteroatoms. The van der Waals surface area contributed by atoms with Gasteiger partial charge in [0, 0.05) is 0 Å². The van der Waals surface area contributed by atoms with Crippen LogP contribution in [0, 0.1) is 12.7 Å². The van der Waals surface area contributed by atoms with E-state index in [2.05, 4.69) is 15.9 Å². The van der Waals surface area contributed by atoms with Crippen LogP contribution in [-0.2, 0) is 9.53 Å². The number of carbonyl (C=O) groups is 1. The molecule has 18 heavy (non-hydrogen) atoms. The average molecular weight is 317 g/mol. The highest BCUT2D eigenvalue weighted by atomic mass is 79.9. The van der Waals surface area contributed by atoms with Crippen molar-refractivity contribution in [1.82, 2.24) is 0 Å². The van der Waals surface area contributed by atoms with Gasteiger partial charge in [0.25, 0.3) is 0 Å². The first-order chi connectivity index (χ1) is 8.47. The highest BCUT2D eigenvalue weighted by molar-refractivity contribution is 9.12. The Bertz CT molecular complexity index is 483. The first kappa shape index (κ1) is 14.7. The summed E-state index contributed by atoms with van der Waals surface area (Å²) in [5.41, 5.74) is 0.479. The van der Waals surface area contributed by atoms with E-state index in [1.54, 1.807) is 32.9 Å². The fraction of sp³-hybridized carbons (Fsp3) is 0.308. The van der Waals surface area contributed by atoms with Crippen LogP contribution in [0.4, 0.5) is 4.39 Å². The zero-order valence-electron chi connectivity index (χ0n) is 10.4. The Morgan fingerprint density at radius 3 is 2.72 bits per heavy atom. The van der Waals surface area contributed by atoms with Crippen LogP contribution in [0.2, 0.25) is 0 Å². The van der Waals surface area contributed by atoms with Crippen molar-refractivity contribution in [2.75, 3.05) is 6.61 Å². The first-order valence-corrected chi connectivity index (χ1v) is 6.23. The number of carbonyl (C=O) groups excluding carboxylic acids is 1. The summed E-state index contributed by atoms with van der Waals surface area (Å²) >= 11 is 3.07. The molecule has 1 aromatic rings. The quantitative estimate of drug-likeness (QED) is 0.482. The van der Waals surface area contributed by atoms with Gasteiger partial charge >= 0.3 is 5.97 Å². The molecule has 98 valence electrons. The summed E-state index contributed by atoms with van der Waals surface area (Å²) in [5, 5.41) is 0. The normalized spacial score (nSPS) is 11.8. The van der Waals surface area contributed by atoms with Crippen LogP contribution in [0.5, 0.6) is 5.75 Å². The molecule has 0 aliphatic heterocycles. The lowest BCUT2D eigenvalue weighted by molar-refractivity contribution is -0.137. The minimum absolute atomic E-state index is 0.0775. The lowest BCUT2D eigenvalue weighted by Gasteiger charge is -2.10. The standard InChI is InChI=1S/C13H14BrFO3/c1-4-17-13(16)11(14)9(3)18-10-7-5-6-8(2)12(10)15/h5-7H,4H2,1-3H3. The van der Waals surface area contributed by atoms with Crippen LogP contribution in [0.1, 0.15) is 19.4 Å². The number of hydrogen-bond acceptors (Lipinski definition) is 3. The third kappa shape index (κ3) is 3.57. The Morgan fingerprint density at radius 1 is 1.44 bits per heavy atom. The van der Waals surface area contributed by atoms with Gasteiger partial charge < -0.3 is 9.47 Å². The van der Waals surface area contributed by atoms with Gasteiger partial charge in [-0.3, -0.25) is 0 Å². The topological polar surface area (TPSA) is 35.5 Å². The van der Waals surface area contributed by atoms with Crippen molar-refractivity contribution in [2.24, 2.45) is 0 Å². The van der Waals surface area contributed by atoms with Gasteiger partial charge in [0.2, 0.25) is 0 Å². The molecule has 0 fully saturated rings. The maximum atomic E-state index is 13.7. The molecule has 0 saturated carbocycles. The van der Waals surface area contributed by atoms with E-state index in [4.69, 9.17) is 9.47 Å². The molecule has 0 N–H and O–H groups in total. The van der Waals surface area contributed by atoms with E-state index in [1.807, 2.05) is 0 Å². The lowest BCUT2D eigenvalue weighted by atomic mass is 10.2. The molecule has 1 aromatic carbocycles. The van der Waals surface area contributed by atoms with Gasteiger partial charge in [0.05, 0.1) is 6.61 Å². The van der Waals surface area contributed by atoms with Gasteiger partial charge in [0.1, 0.15) is 10.2 Å². The predicted octanol–water partition coefficient (Wildman–Crippen LogP) is 3.70. The van der Waals surface area contributed by atoms with E-state index < -0.39 is 11.8 Å². The third-order valence-corrected chi connectivity index (χ3v) is 3.07. The maximum Gasteiger partial charge on any atom is 0.348 e. The van der Waals surface area contributed by atoms with Crippen LogP contribution in [0.15, 0.2) is 28.4 Å².